The maximum atomic E-state index is 10.1. The van der Waals surface area contributed by atoms with Crippen molar-refractivity contribution in [3.05, 3.63) is 24.0 Å². The Balaban J connectivity index is 2.55. The average Bonchev–Trinajstić information content (AvgIpc) is 2.59. The largest absolute Gasteiger partial charge is 0.479 e. The fourth-order valence-electron chi connectivity index (χ4n) is 1.10. The maximum Gasteiger partial charge on any atom is 0.344 e. The van der Waals surface area contributed by atoms with Crippen LogP contribution in [0.1, 0.15) is 26.3 Å². The Morgan fingerprint density at radius 2 is 2.31 bits per heavy atom. The van der Waals surface area contributed by atoms with Crippen molar-refractivity contribution < 1.29 is 14.7 Å². The number of hydrogen-bond donors (Lipinski definition) is 1. The Kier molecular flexibility index (Phi) is 3.71. The molecule has 0 aromatic carbocycles. The van der Waals surface area contributed by atoms with Gasteiger partial charge in [-0.15, -0.1) is 0 Å². The van der Waals surface area contributed by atoms with Crippen LogP contribution in [0.5, 0.6) is 0 Å². The molecular formula is C11H16N2O3. The van der Waals surface area contributed by atoms with Gasteiger partial charge in [0.2, 0.25) is 6.61 Å². The number of aliphatic carboxylic acids is 1. The van der Waals surface area contributed by atoms with E-state index in [2.05, 4.69) is 30.8 Å². The summed E-state index contributed by atoms with van der Waals surface area (Å²) in [7, 11) is 0. The third-order valence-corrected chi connectivity index (χ3v) is 1.95. The zero-order chi connectivity index (χ0) is 12.2. The van der Waals surface area contributed by atoms with Crippen molar-refractivity contribution >= 4 is 12.2 Å². The molecule has 0 fully saturated rings. The predicted octanol–water partition coefficient (Wildman–Crippen LogP) is 1.68. The van der Waals surface area contributed by atoms with E-state index in [9.17, 15) is 4.79 Å². The quantitative estimate of drug-likeness (QED) is 0.625. The Morgan fingerprint density at radius 1 is 1.62 bits per heavy atom. The van der Waals surface area contributed by atoms with E-state index in [1.165, 1.54) is 6.21 Å². The lowest BCUT2D eigenvalue weighted by Crippen LogP contribution is -2.19. The monoisotopic (exact) mass is 224 g/mol. The Hall–Kier alpha value is -1.78. The lowest BCUT2D eigenvalue weighted by molar-refractivity contribution is -0.142. The Morgan fingerprint density at radius 3 is 2.81 bits per heavy atom. The van der Waals surface area contributed by atoms with E-state index in [0.717, 1.165) is 5.56 Å². The molecule has 1 rings (SSSR count). The number of hydrogen-bond acceptors (Lipinski definition) is 3. The molecule has 0 aliphatic carbocycles. The van der Waals surface area contributed by atoms with Crippen LogP contribution in [0.25, 0.3) is 0 Å². The zero-order valence-corrected chi connectivity index (χ0v) is 9.67. The fraction of sp³-hybridized carbons (Fsp3) is 0.455. The average molecular weight is 224 g/mol. The number of aromatic nitrogens is 1. The summed E-state index contributed by atoms with van der Waals surface area (Å²) < 4.78 is 2.05. The third kappa shape index (κ3) is 3.76. The first kappa shape index (κ1) is 12.3. The Bertz CT molecular complexity index is 388. The first-order valence-electron chi connectivity index (χ1n) is 4.95. The van der Waals surface area contributed by atoms with E-state index in [1.54, 1.807) is 0 Å². The van der Waals surface area contributed by atoms with Gasteiger partial charge >= 0.3 is 5.97 Å². The van der Waals surface area contributed by atoms with Crippen molar-refractivity contribution in [2.45, 2.75) is 26.3 Å². The van der Waals surface area contributed by atoms with Crippen LogP contribution in [0.2, 0.25) is 0 Å². The molecule has 0 saturated carbocycles. The normalized spacial score (nSPS) is 11.9. The minimum atomic E-state index is -1.04. The molecule has 88 valence electrons. The first-order valence-corrected chi connectivity index (χ1v) is 4.95. The molecular weight excluding hydrogens is 208 g/mol. The molecule has 0 spiro atoms. The van der Waals surface area contributed by atoms with Gasteiger partial charge in [-0.05, 0) is 26.8 Å². The summed E-state index contributed by atoms with van der Waals surface area (Å²) in [6.45, 7) is 5.86. The topological polar surface area (TPSA) is 63.8 Å². The number of oxime groups is 1. The van der Waals surface area contributed by atoms with Crippen LogP contribution in [-0.4, -0.2) is 28.5 Å². The number of carboxylic acid groups (broad SMARTS) is 1. The van der Waals surface area contributed by atoms with E-state index < -0.39 is 12.6 Å². The molecule has 1 aromatic heterocycles. The SMILES string of the molecule is CC(C)(C)n1ccc(/C=N\OCC(=O)O)c1. The highest BCUT2D eigenvalue weighted by atomic mass is 16.6. The summed E-state index contributed by atoms with van der Waals surface area (Å²) in [5, 5.41) is 11.9. The van der Waals surface area contributed by atoms with Crippen LogP contribution in [0.15, 0.2) is 23.6 Å². The van der Waals surface area contributed by atoms with Gasteiger partial charge < -0.3 is 14.5 Å². The van der Waals surface area contributed by atoms with Crippen molar-refractivity contribution in [2.24, 2.45) is 5.16 Å². The van der Waals surface area contributed by atoms with E-state index in [0.29, 0.717) is 0 Å². The van der Waals surface area contributed by atoms with Gasteiger partial charge in [-0.3, -0.25) is 0 Å². The molecule has 0 aliphatic heterocycles. The van der Waals surface area contributed by atoms with Crippen molar-refractivity contribution in [3.8, 4) is 0 Å². The Labute approximate surface area is 94.3 Å². The van der Waals surface area contributed by atoms with Gasteiger partial charge in [0.25, 0.3) is 0 Å². The highest BCUT2D eigenvalue weighted by Crippen LogP contribution is 2.14. The molecule has 5 heteroatoms. The first-order chi connectivity index (χ1) is 7.39. The second kappa shape index (κ2) is 4.83. The van der Waals surface area contributed by atoms with E-state index >= 15 is 0 Å². The second-order valence-corrected chi connectivity index (χ2v) is 4.42. The summed E-state index contributed by atoms with van der Waals surface area (Å²) in [5.41, 5.74) is 0.897. The molecule has 5 nitrogen and oxygen atoms in total. The van der Waals surface area contributed by atoms with Crippen molar-refractivity contribution in [2.75, 3.05) is 6.61 Å². The zero-order valence-electron chi connectivity index (χ0n) is 9.67. The minimum Gasteiger partial charge on any atom is -0.479 e. The molecule has 16 heavy (non-hydrogen) atoms. The van der Waals surface area contributed by atoms with Gasteiger partial charge in [0.15, 0.2) is 0 Å². The molecule has 0 radical (unpaired) electrons. The minimum absolute atomic E-state index is 0.0218. The number of nitrogens with zero attached hydrogens (tertiary/aromatic N) is 2. The molecule has 0 aliphatic rings. The number of carbonyl (C=O) groups is 1. The summed E-state index contributed by atoms with van der Waals surface area (Å²) >= 11 is 0. The summed E-state index contributed by atoms with van der Waals surface area (Å²) in [5.74, 6) is -1.04. The van der Waals surface area contributed by atoms with Gasteiger partial charge in [0, 0.05) is 23.5 Å². The third-order valence-electron chi connectivity index (χ3n) is 1.95. The van der Waals surface area contributed by atoms with Gasteiger partial charge in [0.1, 0.15) is 0 Å². The van der Waals surface area contributed by atoms with Gasteiger partial charge in [-0.25, -0.2) is 4.79 Å². The smallest absolute Gasteiger partial charge is 0.344 e. The van der Waals surface area contributed by atoms with Crippen LogP contribution in [-0.2, 0) is 15.2 Å². The van der Waals surface area contributed by atoms with Gasteiger partial charge in [-0.1, -0.05) is 5.16 Å². The molecule has 0 unspecified atom stereocenters. The summed E-state index contributed by atoms with van der Waals surface area (Å²) in [4.78, 5) is 14.7. The van der Waals surface area contributed by atoms with Gasteiger partial charge in [-0.2, -0.15) is 0 Å². The van der Waals surface area contributed by atoms with Crippen LogP contribution in [0.3, 0.4) is 0 Å². The summed E-state index contributed by atoms with van der Waals surface area (Å²) in [6.07, 6.45) is 5.36. The van der Waals surface area contributed by atoms with Crippen LogP contribution in [0.4, 0.5) is 0 Å². The maximum absolute atomic E-state index is 10.1. The van der Waals surface area contributed by atoms with Crippen LogP contribution in [0, 0.1) is 0 Å². The van der Waals surface area contributed by atoms with Crippen LogP contribution >= 0.6 is 0 Å². The lowest BCUT2D eigenvalue weighted by atomic mass is 10.1. The number of carboxylic acids is 1. The molecule has 0 atom stereocenters. The fourth-order valence-corrected chi connectivity index (χ4v) is 1.10. The highest BCUT2D eigenvalue weighted by molar-refractivity contribution is 5.78. The van der Waals surface area contributed by atoms with Gasteiger partial charge in [0.05, 0.1) is 6.21 Å². The van der Waals surface area contributed by atoms with Crippen LogP contribution < -0.4 is 0 Å². The van der Waals surface area contributed by atoms with E-state index in [-0.39, 0.29) is 5.54 Å². The van der Waals surface area contributed by atoms with Crippen molar-refractivity contribution in [1.29, 1.82) is 0 Å². The summed E-state index contributed by atoms with van der Waals surface area (Å²) in [6, 6.07) is 1.89. The van der Waals surface area contributed by atoms with Crippen molar-refractivity contribution in [1.82, 2.24) is 4.57 Å². The standard InChI is InChI=1S/C11H16N2O3/c1-11(2,3)13-5-4-9(7-13)6-12-16-8-10(14)15/h4-7H,8H2,1-3H3,(H,14,15)/b12-6-. The van der Waals surface area contributed by atoms with Crippen molar-refractivity contribution in [3.63, 3.8) is 0 Å². The highest BCUT2D eigenvalue weighted by Gasteiger charge is 2.11. The molecule has 0 bridgehead atoms. The lowest BCUT2D eigenvalue weighted by Gasteiger charge is -2.20. The second-order valence-electron chi connectivity index (χ2n) is 4.42. The molecule has 1 heterocycles. The molecule has 0 amide bonds. The van der Waals surface area contributed by atoms with E-state index in [4.69, 9.17) is 5.11 Å². The predicted molar refractivity (Wildman–Crippen MR) is 60.6 cm³/mol. The molecule has 1 N–H and O–H groups in total. The number of rotatable bonds is 4. The molecule has 0 saturated heterocycles. The molecule has 1 aromatic rings. The van der Waals surface area contributed by atoms with E-state index in [1.807, 2.05) is 23.0 Å².